The summed E-state index contributed by atoms with van der Waals surface area (Å²) in [5.74, 6) is 0. The molecule has 0 bridgehead atoms. The van der Waals surface area contributed by atoms with E-state index in [-0.39, 0.29) is 12.4 Å². The summed E-state index contributed by atoms with van der Waals surface area (Å²) >= 11 is 1.63. The Kier molecular flexibility index (Phi) is 4.36. The second-order valence-corrected chi connectivity index (χ2v) is 3.20. The van der Waals surface area contributed by atoms with Gasteiger partial charge in [-0.25, -0.2) is 0 Å². The van der Waals surface area contributed by atoms with Gasteiger partial charge in [0.15, 0.2) is 0 Å². The molecule has 1 rings (SSSR count). The molecule has 0 N–H and O–H groups in total. The summed E-state index contributed by atoms with van der Waals surface area (Å²) in [7, 11) is 0. The normalized spacial score (nSPS) is 17.9. The van der Waals surface area contributed by atoms with Gasteiger partial charge in [-0.1, -0.05) is 0 Å². The Labute approximate surface area is 65.6 Å². The first-order valence-electron chi connectivity index (χ1n) is 2.30. The molecule has 0 radical (unpaired) electrons. The van der Waals surface area contributed by atoms with E-state index in [0.717, 1.165) is 0 Å². The van der Waals surface area contributed by atoms with E-state index in [0.29, 0.717) is 0 Å². The van der Waals surface area contributed by atoms with Crippen LogP contribution in [0.5, 0.6) is 0 Å². The van der Waals surface area contributed by atoms with Crippen molar-refractivity contribution in [1.29, 1.82) is 0 Å². The molecule has 0 aliphatic heterocycles. The number of hydrogen-bond acceptors (Lipinski definition) is 0. The summed E-state index contributed by atoms with van der Waals surface area (Å²) in [6.45, 7) is 0. The van der Waals surface area contributed by atoms with Crippen LogP contribution in [0.3, 0.4) is 0 Å². The maximum absolute atomic E-state index is 2.36. The van der Waals surface area contributed by atoms with Gasteiger partial charge in [0, 0.05) is 0 Å². The molecule has 0 aromatic rings. The van der Waals surface area contributed by atoms with Crippen LogP contribution in [0.15, 0.2) is 9.36 Å². The van der Waals surface area contributed by atoms with Gasteiger partial charge in [0.25, 0.3) is 0 Å². The predicted molar refractivity (Wildman–Crippen MR) is 29.2 cm³/mol. The molecular formula is C5H8ClZr. The summed E-state index contributed by atoms with van der Waals surface area (Å²) in [6.07, 6.45) is 6.51. The second-order valence-electron chi connectivity index (χ2n) is 1.62. The molecule has 1 aliphatic rings. The van der Waals surface area contributed by atoms with E-state index in [4.69, 9.17) is 0 Å². The van der Waals surface area contributed by atoms with E-state index >= 15 is 0 Å². The molecule has 39 valence electrons. The molecule has 2 heteroatoms. The molecule has 7 heavy (non-hydrogen) atoms. The van der Waals surface area contributed by atoms with Gasteiger partial charge < -0.3 is 0 Å². The van der Waals surface area contributed by atoms with Crippen LogP contribution >= 0.6 is 12.4 Å². The summed E-state index contributed by atoms with van der Waals surface area (Å²) < 4.78 is 1.67. The van der Waals surface area contributed by atoms with Crippen LogP contribution in [0.25, 0.3) is 0 Å². The fourth-order valence-electron chi connectivity index (χ4n) is 0.671. The van der Waals surface area contributed by atoms with Crippen LogP contribution < -0.4 is 0 Å². The van der Waals surface area contributed by atoms with Gasteiger partial charge in [0.1, 0.15) is 0 Å². The molecule has 0 nitrogen and oxygen atoms in total. The molecule has 0 spiro atoms. The summed E-state index contributed by atoms with van der Waals surface area (Å²) in [6, 6.07) is 0. The molecule has 0 saturated carbocycles. The van der Waals surface area contributed by atoms with Gasteiger partial charge in [-0.2, -0.15) is 0 Å². The molecule has 0 aromatic heterocycles. The molecule has 0 saturated heterocycles. The topological polar surface area (TPSA) is 0 Å². The molecular weight excluding hydrogens is 187 g/mol. The van der Waals surface area contributed by atoms with Crippen LogP contribution in [0.2, 0.25) is 0 Å². The van der Waals surface area contributed by atoms with Crippen LogP contribution in [-0.4, -0.2) is 0 Å². The average molecular weight is 195 g/mol. The Morgan fingerprint density at radius 1 is 1.57 bits per heavy atom. The van der Waals surface area contributed by atoms with Crippen molar-refractivity contribution < 1.29 is 24.7 Å². The fourth-order valence-corrected chi connectivity index (χ4v) is 1.46. The van der Waals surface area contributed by atoms with Crippen LogP contribution in [-0.2, 0) is 24.7 Å². The minimum atomic E-state index is 0. The Balaban J connectivity index is 0.000000360. The zero-order valence-electron chi connectivity index (χ0n) is 4.11. The molecule has 0 fully saturated rings. The van der Waals surface area contributed by atoms with Crippen molar-refractivity contribution in [2.45, 2.75) is 19.3 Å². The van der Waals surface area contributed by atoms with Gasteiger partial charge in [0.05, 0.1) is 0 Å². The summed E-state index contributed by atoms with van der Waals surface area (Å²) in [5, 5.41) is 0. The average Bonchev–Trinajstić information content (AvgIpc) is 1.86. The Bertz CT molecular complexity index is 78.1. The fraction of sp³-hybridized carbons (Fsp3) is 0.600. The van der Waals surface area contributed by atoms with E-state index < -0.39 is 0 Å². The minimum absolute atomic E-state index is 0. The van der Waals surface area contributed by atoms with Crippen molar-refractivity contribution >= 4 is 12.4 Å². The zero-order valence-corrected chi connectivity index (χ0v) is 7.38. The van der Waals surface area contributed by atoms with Crippen molar-refractivity contribution in [3.05, 3.63) is 9.36 Å². The van der Waals surface area contributed by atoms with Gasteiger partial charge in [-0.15, -0.1) is 12.4 Å². The maximum atomic E-state index is 2.36. The first-order valence-corrected chi connectivity index (χ1v) is 3.53. The van der Waals surface area contributed by atoms with Crippen molar-refractivity contribution in [2.75, 3.05) is 0 Å². The van der Waals surface area contributed by atoms with Crippen LogP contribution in [0.4, 0.5) is 0 Å². The summed E-state index contributed by atoms with van der Waals surface area (Å²) in [4.78, 5) is 0. The van der Waals surface area contributed by atoms with Crippen molar-refractivity contribution in [3.63, 3.8) is 0 Å². The van der Waals surface area contributed by atoms with Crippen molar-refractivity contribution in [3.8, 4) is 0 Å². The Morgan fingerprint density at radius 3 is 2.43 bits per heavy atom. The second kappa shape index (κ2) is 3.86. The van der Waals surface area contributed by atoms with Gasteiger partial charge >= 0.3 is 53.3 Å². The molecule has 0 amide bonds. The monoisotopic (exact) mass is 193 g/mol. The predicted octanol–water partition coefficient (Wildman–Crippen LogP) is 2.02. The molecule has 0 atom stereocenters. The van der Waals surface area contributed by atoms with E-state index in [1.807, 2.05) is 0 Å². The number of halogens is 1. The van der Waals surface area contributed by atoms with Gasteiger partial charge in [-0.05, 0) is 0 Å². The Morgan fingerprint density at radius 2 is 2.29 bits per heavy atom. The van der Waals surface area contributed by atoms with E-state index in [1.54, 1.807) is 28.0 Å². The first-order chi connectivity index (χ1) is 2.89. The van der Waals surface area contributed by atoms with Crippen LogP contribution in [0, 0.1) is 0 Å². The van der Waals surface area contributed by atoms with Gasteiger partial charge in [-0.3, -0.25) is 0 Å². The SMILES string of the molecule is Cl.[Zr][C]1=CCCC1. The number of allylic oxidation sites excluding steroid dienone is 2. The molecule has 0 heterocycles. The molecule has 1 aliphatic carbocycles. The van der Waals surface area contributed by atoms with E-state index in [1.165, 1.54) is 19.3 Å². The van der Waals surface area contributed by atoms with Crippen LogP contribution in [0.1, 0.15) is 19.3 Å². The third-order valence-electron chi connectivity index (χ3n) is 1.04. The number of hydrogen-bond donors (Lipinski definition) is 0. The third kappa shape index (κ3) is 2.66. The van der Waals surface area contributed by atoms with Gasteiger partial charge in [0.2, 0.25) is 0 Å². The van der Waals surface area contributed by atoms with Crippen molar-refractivity contribution in [2.24, 2.45) is 0 Å². The third-order valence-corrected chi connectivity index (χ3v) is 2.16. The molecule has 0 aromatic carbocycles. The molecule has 0 unspecified atom stereocenters. The number of rotatable bonds is 0. The first kappa shape index (κ1) is 7.91. The standard InChI is InChI=1S/C5H7.ClH.Zr/c1-2-4-5-3-1;;/h1H,2,4-5H2;1H;. The zero-order chi connectivity index (χ0) is 4.41. The quantitative estimate of drug-likeness (QED) is 0.554. The van der Waals surface area contributed by atoms with E-state index in [9.17, 15) is 0 Å². The Hall–Kier alpha value is 0.913. The summed E-state index contributed by atoms with van der Waals surface area (Å²) in [5.41, 5.74) is 0. The van der Waals surface area contributed by atoms with E-state index in [2.05, 4.69) is 6.08 Å². The van der Waals surface area contributed by atoms with Crippen molar-refractivity contribution in [1.82, 2.24) is 0 Å².